The number of benzene rings is 2. The molecule has 0 saturated carbocycles. The number of nitrogens with zero attached hydrogens (tertiary/aromatic N) is 1. The Kier molecular flexibility index (Phi) is 5.99. The minimum Gasteiger partial charge on any atom is -0.504 e. The molecule has 0 aliphatic heterocycles. The highest BCUT2D eigenvalue weighted by Gasteiger charge is 2.09. The lowest BCUT2D eigenvalue weighted by atomic mass is 10.1. The van der Waals surface area contributed by atoms with E-state index < -0.39 is 0 Å². The Labute approximate surface area is 145 Å². The molecular formula is C19H20BrNO2. The van der Waals surface area contributed by atoms with Gasteiger partial charge in [0.15, 0.2) is 11.5 Å². The van der Waals surface area contributed by atoms with Crippen LogP contribution in [0.3, 0.4) is 0 Å². The van der Waals surface area contributed by atoms with Crippen molar-refractivity contribution in [3.05, 3.63) is 64.1 Å². The minimum atomic E-state index is 0.170. The minimum absolute atomic E-state index is 0.170. The third kappa shape index (κ3) is 4.45. The van der Waals surface area contributed by atoms with Crippen LogP contribution in [0.15, 0.2) is 52.5 Å². The Morgan fingerprint density at radius 3 is 2.74 bits per heavy atom. The Morgan fingerprint density at radius 1 is 1.30 bits per heavy atom. The van der Waals surface area contributed by atoms with Crippen LogP contribution >= 0.6 is 15.9 Å². The van der Waals surface area contributed by atoms with E-state index in [4.69, 9.17) is 4.74 Å². The molecule has 0 radical (unpaired) electrons. The summed E-state index contributed by atoms with van der Waals surface area (Å²) in [5, 5.41) is 10.2. The van der Waals surface area contributed by atoms with Gasteiger partial charge in [0, 0.05) is 16.3 Å². The highest BCUT2D eigenvalue weighted by molar-refractivity contribution is 9.10. The van der Waals surface area contributed by atoms with Gasteiger partial charge in [-0.2, -0.15) is 0 Å². The zero-order valence-corrected chi connectivity index (χ0v) is 14.9. The van der Waals surface area contributed by atoms with Crippen molar-refractivity contribution in [3.8, 4) is 11.5 Å². The molecule has 2 aromatic rings. The maximum atomic E-state index is 10.2. The number of hydrogen-bond donors (Lipinski definition) is 1. The largest absolute Gasteiger partial charge is 0.504 e. The van der Waals surface area contributed by atoms with Crippen LogP contribution in [0.25, 0.3) is 0 Å². The van der Waals surface area contributed by atoms with Crippen LogP contribution in [0.5, 0.6) is 11.5 Å². The summed E-state index contributed by atoms with van der Waals surface area (Å²) in [7, 11) is 0. The molecule has 120 valence electrons. The lowest BCUT2D eigenvalue weighted by molar-refractivity contribution is 0.317. The quantitative estimate of drug-likeness (QED) is 0.548. The molecule has 2 aromatic carbocycles. The summed E-state index contributed by atoms with van der Waals surface area (Å²) in [6.07, 6.45) is 4.11. The standard InChI is InChI=1S/C19H20BrNO2/c1-4-6-15-10-14(11-18(19(15)22)23-5-2)12-21-17-8-7-16(20)9-13(17)3/h4,7-12,22H,1,5-6H2,2-3H3. The molecule has 1 N–H and O–H groups in total. The predicted octanol–water partition coefficient (Wildman–Crippen LogP) is 5.34. The molecule has 4 heteroatoms. The number of halogens is 1. The van der Waals surface area contributed by atoms with Crippen LogP contribution in [0.1, 0.15) is 23.6 Å². The molecule has 0 fully saturated rings. The number of aryl methyl sites for hydroxylation is 1. The van der Waals surface area contributed by atoms with Gasteiger partial charge in [-0.3, -0.25) is 4.99 Å². The maximum Gasteiger partial charge on any atom is 0.161 e. The number of aliphatic imine (C=N–C) groups is 1. The van der Waals surface area contributed by atoms with Crippen molar-refractivity contribution in [1.82, 2.24) is 0 Å². The zero-order valence-electron chi connectivity index (χ0n) is 13.3. The maximum absolute atomic E-state index is 10.2. The van der Waals surface area contributed by atoms with E-state index in [1.165, 1.54) is 0 Å². The van der Waals surface area contributed by atoms with Gasteiger partial charge in [0.05, 0.1) is 12.3 Å². The Morgan fingerprint density at radius 2 is 2.09 bits per heavy atom. The van der Waals surface area contributed by atoms with E-state index in [-0.39, 0.29) is 5.75 Å². The third-order valence-electron chi connectivity index (χ3n) is 3.35. The number of allylic oxidation sites excluding steroid dienone is 1. The zero-order chi connectivity index (χ0) is 16.8. The molecule has 2 rings (SSSR count). The van der Waals surface area contributed by atoms with Gasteiger partial charge < -0.3 is 9.84 Å². The highest BCUT2D eigenvalue weighted by Crippen LogP contribution is 2.32. The summed E-state index contributed by atoms with van der Waals surface area (Å²) in [4.78, 5) is 4.54. The number of rotatable bonds is 6. The monoisotopic (exact) mass is 373 g/mol. The molecule has 0 spiro atoms. The molecule has 23 heavy (non-hydrogen) atoms. The fraction of sp³-hybridized carbons (Fsp3) is 0.211. The molecule has 0 aliphatic carbocycles. The van der Waals surface area contributed by atoms with E-state index in [1.54, 1.807) is 18.4 Å². The molecule has 0 atom stereocenters. The Balaban J connectivity index is 2.38. The first-order valence-electron chi connectivity index (χ1n) is 7.45. The Bertz CT molecular complexity index is 738. The van der Waals surface area contributed by atoms with Gasteiger partial charge in [0.2, 0.25) is 0 Å². The van der Waals surface area contributed by atoms with Crippen molar-refractivity contribution in [2.24, 2.45) is 4.99 Å². The van der Waals surface area contributed by atoms with Crippen LogP contribution < -0.4 is 4.74 Å². The lowest BCUT2D eigenvalue weighted by Crippen LogP contribution is -1.96. The van der Waals surface area contributed by atoms with Crippen molar-refractivity contribution in [3.63, 3.8) is 0 Å². The van der Waals surface area contributed by atoms with Crippen LogP contribution in [-0.4, -0.2) is 17.9 Å². The lowest BCUT2D eigenvalue weighted by Gasteiger charge is -2.11. The van der Waals surface area contributed by atoms with E-state index in [0.717, 1.165) is 26.9 Å². The third-order valence-corrected chi connectivity index (χ3v) is 3.85. The number of hydrogen-bond acceptors (Lipinski definition) is 3. The molecule has 0 bridgehead atoms. The summed E-state index contributed by atoms with van der Waals surface area (Å²) >= 11 is 3.45. The van der Waals surface area contributed by atoms with Gasteiger partial charge >= 0.3 is 0 Å². The molecule has 0 aliphatic rings. The molecule has 0 saturated heterocycles. The van der Waals surface area contributed by atoms with Crippen LogP contribution in [0, 0.1) is 6.92 Å². The topological polar surface area (TPSA) is 41.8 Å². The Hall–Kier alpha value is -2.07. The summed E-state index contributed by atoms with van der Waals surface area (Å²) in [5.74, 6) is 0.643. The molecule has 0 aromatic heterocycles. The van der Waals surface area contributed by atoms with E-state index in [2.05, 4.69) is 27.5 Å². The number of phenols is 1. The van der Waals surface area contributed by atoms with E-state index in [1.807, 2.05) is 38.1 Å². The molecular weight excluding hydrogens is 354 g/mol. The number of aromatic hydroxyl groups is 1. The summed E-state index contributed by atoms with van der Waals surface area (Å²) in [6.45, 7) is 8.12. The molecule has 3 nitrogen and oxygen atoms in total. The van der Waals surface area contributed by atoms with Gasteiger partial charge in [-0.15, -0.1) is 6.58 Å². The average molecular weight is 374 g/mol. The molecule has 0 unspecified atom stereocenters. The smallest absolute Gasteiger partial charge is 0.161 e. The van der Waals surface area contributed by atoms with Crippen LogP contribution in [0.4, 0.5) is 5.69 Å². The number of ether oxygens (including phenoxy) is 1. The SMILES string of the molecule is C=CCc1cc(C=Nc2ccc(Br)cc2C)cc(OCC)c1O. The van der Waals surface area contributed by atoms with E-state index in [0.29, 0.717) is 18.8 Å². The second-order valence-electron chi connectivity index (χ2n) is 5.14. The fourth-order valence-corrected chi connectivity index (χ4v) is 2.72. The van der Waals surface area contributed by atoms with Crippen molar-refractivity contribution in [2.45, 2.75) is 20.3 Å². The van der Waals surface area contributed by atoms with E-state index >= 15 is 0 Å². The van der Waals surface area contributed by atoms with Crippen molar-refractivity contribution >= 4 is 27.8 Å². The molecule has 0 heterocycles. The summed E-state index contributed by atoms with van der Waals surface area (Å²) < 4.78 is 6.54. The molecule has 0 amide bonds. The first-order chi connectivity index (χ1) is 11.0. The number of phenolic OH excluding ortho intramolecular Hbond substituents is 1. The second kappa shape index (κ2) is 7.97. The van der Waals surface area contributed by atoms with Gasteiger partial charge in [-0.1, -0.05) is 22.0 Å². The summed E-state index contributed by atoms with van der Waals surface area (Å²) in [5.41, 5.74) is 3.65. The fourth-order valence-electron chi connectivity index (χ4n) is 2.25. The van der Waals surface area contributed by atoms with Crippen LogP contribution in [0.2, 0.25) is 0 Å². The van der Waals surface area contributed by atoms with Gasteiger partial charge in [-0.25, -0.2) is 0 Å². The average Bonchev–Trinajstić information content (AvgIpc) is 2.51. The van der Waals surface area contributed by atoms with Crippen molar-refractivity contribution in [1.29, 1.82) is 0 Å². The first-order valence-corrected chi connectivity index (χ1v) is 8.24. The van der Waals surface area contributed by atoms with E-state index in [9.17, 15) is 5.11 Å². The van der Waals surface area contributed by atoms with Crippen molar-refractivity contribution in [2.75, 3.05) is 6.61 Å². The second-order valence-corrected chi connectivity index (χ2v) is 6.06. The van der Waals surface area contributed by atoms with Crippen LogP contribution in [-0.2, 0) is 6.42 Å². The van der Waals surface area contributed by atoms with Crippen molar-refractivity contribution < 1.29 is 9.84 Å². The highest BCUT2D eigenvalue weighted by atomic mass is 79.9. The van der Waals surface area contributed by atoms with Gasteiger partial charge in [0.1, 0.15) is 0 Å². The predicted molar refractivity (Wildman–Crippen MR) is 99.3 cm³/mol. The van der Waals surface area contributed by atoms with Gasteiger partial charge in [-0.05, 0) is 61.7 Å². The first kappa shape index (κ1) is 17.3. The van der Waals surface area contributed by atoms with Gasteiger partial charge in [0.25, 0.3) is 0 Å². The summed E-state index contributed by atoms with van der Waals surface area (Å²) in [6, 6.07) is 9.65. The normalized spacial score (nSPS) is 10.9.